The van der Waals surface area contributed by atoms with Crippen LogP contribution in [0.2, 0.25) is 0 Å². The molecule has 1 aromatic carbocycles. The first-order valence-electron chi connectivity index (χ1n) is 14.0. The van der Waals surface area contributed by atoms with Crippen molar-refractivity contribution in [1.82, 2.24) is 15.1 Å². The molecule has 3 aliphatic rings. The number of allylic oxidation sites excluding steroid dienone is 2. The summed E-state index contributed by atoms with van der Waals surface area (Å²) in [6, 6.07) is 9.82. The number of fused-ring (bicyclic) bond motifs is 1. The number of nitrogens with zero attached hydrogens (tertiary/aromatic N) is 4. The van der Waals surface area contributed by atoms with Crippen molar-refractivity contribution in [3.05, 3.63) is 59.6 Å². The molecule has 216 valence electrons. The Morgan fingerprint density at radius 3 is 2.52 bits per heavy atom. The summed E-state index contributed by atoms with van der Waals surface area (Å²) in [4.78, 5) is 38.8. The summed E-state index contributed by atoms with van der Waals surface area (Å²) in [5, 5.41) is 2.82. The van der Waals surface area contributed by atoms with Gasteiger partial charge in [-0.05, 0) is 52.1 Å². The van der Waals surface area contributed by atoms with Crippen molar-refractivity contribution in [2.45, 2.75) is 52.2 Å². The monoisotopic (exact) mass is 551 g/mol. The lowest BCUT2D eigenvalue weighted by atomic mass is 9.90. The number of methoxy groups -OCH3 is 1. The number of rotatable bonds is 9. The van der Waals surface area contributed by atoms with Gasteiger partial charge in [-0.2, -0.15) is 0 Å². The SMILES string of the molecule is COC(=O)C1=C(OCc2ccccc2)C2=NC=CCC2C(N2CCN(CCCCNC(=O)OC(C)(C)C)CC2)=N1. The number of amidine groups is 1. The Morgan fingerprint density at radius 1 is 1.07 bits per heavy atom. The highest BCUT2D eigenvalue weighted by molar-refractivity contribution is 6.19. The molecule has 40 heavy (non-hydrogen) atoms. The number of hydrogen-bond donors (Lipinski definition) is 1. The van der Waals surface area contributed by atoms with Crippen LogP contribution < -0.4 is 5.32 Å². The largest absolute Gasteiger partial charge is 0.484 e. The van der Waals surface area contributed by atoms with Gasteiger partial charge in [0.2, 0.25) is 0 Å². The van der Waals surface area contributed by atoms with E-state index in [4.69, 9.17) is 19.2 Å². The summed E-state index contributed by atoms with van der Waals surface area (Å²) in [7, 11) is 1.36. The minimum atomic E-state index is -0.533. The summed E-state index contributed by atoms with van der Waals surface area (Å²) in [5.41, 5.74) is 1.40. The summed E-state index contributed by atoms with van der Waals surface area (Å²) in [5.74, 6) is 0.633. The van der Waals surface area contributed by atoms with Crippen LogP contribution >= 0.6 is 0 Å². The number of piperazine rings is 1. The predicted molar refractivity (Wildman–Crippen MR) is 154 cm³/mol. The number of hydrogen-bond acceptors (Lipinski definition) is 9. The zero-order valence-electron chi connectivity index (χ0n) is 24.0. The first-order valence-corrected chi connectivity index (χ1v) is 14.0. The molecule has 0 aromatic heterocycles. The van der Waals surface area contributed by atoms with Gasteiger partial charge in [0.15, 0.2) is 11.5 Å². The molecule has 1 unspecified atom stereocenters. The number of esters is 1. The number of alkyl carbamates (subject to hydrolysis) is 1. The third-order valence-corrected chi connectivity index (χ3v) is 6.88. The zero-order valence-corrected chi connectivity index (χ0v) is 24.0. The van der Waals surface area contributed by atoms with Gasteiger partial charge in [0, 0.05) is 38.9 Å². The fourth-order valence-corrected chi connectivity index (χ4v) is 4.90. The number of aliphatic imine (C=N–C) groups is 2. The van der Waals surface area contributed by atoms with Crippen LogP contribution in [0.25, 0.3) is 0 Å². The number of carbonyl (C=O) groups is 2. The maximum Gasteiger partial charge on any atom is 0.407 e. The lowest BCUT2D eigenvalue weighted by molar-refractivity contribution is -0.136. The minimum Gasteiger partial charge on any atom is -0.484 e. The van der Waals surface area contributed by atoms with Gasteiger partial charge >= 0.3 is 12.1 Å². The van der Waals surface area contributed by atoms with Crippen LogP contribution in [0.15, 0.2) is 64.0 Å². The van der Waals surface area contributed by atoms with Gasteiger partial charge in [0.25, 0.3) is 0 Å². The Morgan fingerprint density at radius 2 is 1.82 bits per heavy atom. The van der Waals surface area contributed by atoms with Gasteiger partial charge in [-0.1, -0.05) is 36.4 Å². The average molecular weight is 552 g/mol. The fourth-order valence-electron chi connectivity index (χ4n) is 4.90. The third kappa shape index (κ3) is 7.94. The molecule has 0 aliphatic carbocycles. The van der Waals surface area contributed by atoms with E-state index in [1.807, 2.05) is 57.2 Å². The van der Waals surface area contributed by atoms with Crippen LogP contribution in [0.3, 0.4) is 0 Å². The fraction of sp³-hybridized carbons (Fsp3) is 0.533. The second-order valence-corrected chi connectivity index (χ2v) is 11.1. The molecule has 0 spiro atoms. The van der Waals surface area contributed by atoms with Crippen LogP contribution in [0, 0.1) is 5.92 Å². The lowest BCUT2D eigenvalue weighted by Gasteiger charge is -2.40. The van der Waals surface area contributed by atoms with Gasteiger partial charge in [0.1, 0.15) is 18.0 Å². The summed E-state index contributed by atoms with van der Waals surface area (Å²) in [6.45, 7) is 10.8. The van der Waals surface area contributed by atoms with E-state index in [0.29, 0.717) is 18.9 Å². The van der Waals surface area contributed by atoms with Gasteiger partial charge in [-0.25, -0.2) is 14.6 Å². The molecule has 3 aliphatic heterocycles. The normalized spacial score (nSPS) is 19.4. The molecule has 10 nitrogen and oxygen atoms in total. The van der Waals surface area contributed by atoms with Crippen LogP contribution in [0.1, 0.15) is 45.6 Å². The number of benzene rings is 1. The highest BCUT2D eigenvalue weighted by atomic mass is 16.6. The van der Waals surface area contributed by atoms with Crippen molar-refractivity contribution < 1.29 is 23.8 Å². The summed E-state index contributed by atoms with van der Waals surface area (Å²) in [6.07, 6.45) is 6.05. The van der Waals surface area contributed by atoms with E-state index in [0.717, 1.165) is 69.1 Å². The van der Waals surface area contributed by atoms with Crippen molar-refractivity contribution in [2.75, 3.05) is 46.4 Å². The summed E-state index contributed by atoms with van der Waals surface area (Å²) >= 11 is 0. The van der Waals surface area contributed by atoms with Crippen molar-refractivity contribution in [3.8, 4) is 0 Å². The summed E-state index contributed by atoms with van der Waals surface area (Å²) < 4.78 is 16.5. The molecule has 0 radical (unpaired) electrons. The molecule has 0 saturated carbocycles. The van der Waals surface area contributed by atoms with Crippen LogP contribution in [-0.2, 0) is 25.6 Å². The Balaban J connectivity index is 1.36. The van der Waals surface area contributed by atoms with Crippen molar-refractivity contribution >= 4 is 23.6 Å². The molecule has 4 rings (SSSR count). The molecule has 1 fully saturated rings. The number of amides is 1. The molecule has 10 heteroatoms. The molecule has 1 saturated heterocycles. The minimum absolute atomic E-state index is 0.0744. The van der Waals surface area contributed by atoms with Crippen molar-refractivity contribution in [2.24, 2.45) is 15.9 Å². The van der Waals surface area contributed by atoms with Gasteiger partial charge in [0.05, 0.1) is 18.7 Å². The van der Waals surface area contributed by atoms with Crippen LogP contribution in [0.4, 0.5) is 4.79 Å². The standard InChI is InChI=1S/C30H41N5O5/c1-30(2,3)40-29(37)32-14-8-9-16-34-17-19-35(20-18-34)27-23-13-10-15-31-24(23)26(25(33-27)28(36)38-4)39-21-22-11-6-5-7-12-22/h5-7,10-12,15,23H,8-9,13-14,16-21H2,1-4H3,(H,32,37). The van der Waals surface area contributed by atoms with Gasteiger partial charge < -0.3 is 24.4 Å². The smallest absolute Gasteiger partial charge is 0.407 e. The van der Waals surface area contributed by atoms with Crippen LogP contribution in [0.5, 0.6) is 0 Å². The van der Waals surface area contributed by atoms with E-state index in [-0.39, 0.29) is 17.7 Å². The Kier molecular flexibility index (Phi) is 9.98. The first kappa shape index (κ1) is 29.3. The van der Waals surface area contributed by atoms with Crippen molar-refractivity contribution in [3.63, 3.8) is 0 Å². The molecule has 1 N–H and O–H groups in total. The lowest BCUT2D eigenvalue weighted by Crippen LogP contribution is -2.52. The number of nitrogens with one attached hydrogen (secondary N) is 1. The second-order valence-electron chi connectivity index (χ2n) is 11.1. The second kappa shape index (κ2) is 13.6. The molecule has 1 amide bonds. The zero-order chi connectivity index (χ0) is 28.5. The molecular formula is C30H41N5O5. The number of unbranched alkanes of at least 4 members (excludes halogenated alkanes) is 1. The van der Waals surface area contributed by atoms with Gasteiger partial charge in [-0.3, -0.25) is 9.89 Å². The molecule has 1 aromatic rings. The average Bonchev–Trinajstić information content (AvgIpc) is 2.95. The highest BCUT2D eigenvalue weighted by Crippen LogP contribution is 2.31. The highest BCUT2D eigenvalue weighted by Gasteiger charge is 2.39. The Hall–Kier alpha value is -3.66. The molecule has 0 bridgehead atoms. The topological polar surface area (TPSA) is 105 Å². The Labute approximate surface area is 236 Å². The predicted octanol–water partition coefficient (Wildman–Crippen LogP) is 3.90. The van der Waals surface area contributed by atoms with Crippen LogP contribution in [-0.4, -0.2) is 85.4 Å². The van der Waals surface area contributed by atoms with E-state index < -0.39 is 11.6 Å². The molecule has 3 heterocycles. The van der Waals surface area contributed by atoms with Crippen molar-refractivity contribution in [1.29, 1.82) is 0 Å². The maximum atomic E-state index is 12.8. The number of carbonyl (C=O) groups excluding carboxylic acids is 2. The number of ether oxygens (including phenoxy) is 3. The van der Waals surface area contributed by atoms with E-state index in [2.05, 4.69) is 20.1 Å². The Bertz CT molecular complexity index is 1160. The maximum absolute atomic E-state index is 12.8. The first-order chi connectivity index (χ1) is 19.2. The molecule has 1 atom stereocenters. The quantitative estimate of drug-likeness (QED) is 0.367. The molecular weight excluding hydrogens is 510 g/mol. The van der Waals surface area contributed by atoms with E-state index in [1.54, 1.807) is 6.20 Å². The van der Waals surface area contributed by atoms with E-state index in [1.165, 1.54) is 7.11 Å². The van der Waals surface area contributed by atoms with E-state index >= 15 is 0 Å². The third-order valence-electron chi connectivity index (χ3n) is 6.88. The van der Waals surface area contributed by atoms with E-state index in [9.17, 15) is 9.59 Å². The van der Waals surface area contributed by atoms with Gasteiger partial charge in [-0.15, -0.1) is 0 Å².